The van der Waals surface area contributed by atoms with Crippen molar-refractivity contribution in [1.29, 1.82) is 5.26 Å². The van der Waals surface area contributed by atoms with Crippen molar-refractivity contribution in [2.24, 2.45) is 0 Å². The minimum Gasteiger partial charge on any atom is -0.497 e. The molecule has 20 heteroatoms. The standard InChI is InChI=1S/C73H78N7O10PS2/c1-46(2)80(47(3)4)91(86-38-22-37-74)90-60-43-62(88-61(60)44-85-73(53-27-18-12-19-28-53,54-29-33-56(83-8)34-30-54)55-31-35-57(84-9)36-32-55)79-70-65(69(75-45-76-70)78-71(82)64(51-23-14-10-15-24-51)52-25-16-11-17-26-52)77-72(79)93-40-21-13-20-39-92-68-50(7)87-67-49(6)66-58(42-59(67)68)48(5)41-63(81)89-66/h10-12,14-19,23-36,41-42,45-47,60-62,64H,13,20-22,38-40,43-44H2,1-9H3,(H,75,76,78,82)/t60-,61+,62?,91?/m0/s1. The molecule has 482 valence electrons. The highest BCUT2D eigenvalue weighted by atomic mass is 32.2. The monoisotopic (exact) mass is 1310 g/mol. The van der Waals surface area contributed by atoms with Crippen LogP contribution in [-0.2, 0) is 28.9 Å². The lowest BCUT2D eigenvalue weighted by atomic mass is 9.80. The van der Waals surface area contributed by atoms with Crippen molar-refractivity contribution in [3.8, 4) is 17.6 Å². The highest BCUT2D eigenvalue weighted by Crippen LogP contribution is 2.52. The van der Waals surface area contributed by atoms with E-state index in [0.717, 1.165) is 91.0 Å². The van der Waals surface area contributed by atoms with Gasteiger partial charge in [0.15, 0.2) is 22.1 Å². The van der Waals surface area contributed by atoms with Crippen molar-refractivity contribution >= 4 is 76.9 Å². The predicted octanol–water partition coefficient (Wildman–Crippen LogP) is 16.4. The van der Waals surface area contributed by atoms with Crippen LogP contribution in [0.25, 0.3) is 33.1 Å². The van der Waals surface area contributed by atoms with E-state index in [9.17, 15) is 14.9 Å². The average Bonchev–Trinajstić information content (AvgIpc) is 1.76. The van der Waals surface area contributed by atoms with E-state index in [1.165, 1.54) is 12.4 Å². The molecule has 1 aliphatic rings. The number of hydrogen-bond acceptors (Lipinski definition) is 17. The number of nitriles is 1. The summed E-state index contributed by atoms with van der Waals surface area (Å²) in [5.41, 5.74) is 6.52. The number of anilines is 1. The van der Waals surface area contributed by atoms with E-state index in [-0.39, 0.29) is 49.1 Å². The molecule has 6 aromatic carbocycles. The molecule has 1 saturated heterocycles. The second-order valence-corrected chi connectivity index (χ2v) is 27.1. The number of nitrogens with one attached hydrogen (secondary N) is 1. The number of rotatable bonds is 29. The van der Waals surface area contributed by atoms with Crippen LogP contribution in [0.3, 0.4) is 0 Å². The van der Waals surface area contributed by atoms with E-state index in [0.29, 0.717) is 45.6 Å². The summed E-state index contributed by atoms with van der Waals surface area (Å²) in [4.78, 5) is 43.3. The Morgan fingerprint density at radius 3 is 1.96 bits per heavy atom. The van der Waals surface area contributed by atoms with E-state index in [1.807, 2.05) is 153 Å². The number of methoxy groups -OCH3 is 2. The summed E-state index contributed by atoms with van der Waals surface area (Å²) in [6.45, 7) is 14.5. The number of aromatic nitrogens is 4. The van der Waals surface area contributed by atoms with Gasteiger partial charge in [-0.2, -0.15) is 5.26 Å². The predicted molar refractivity (Wildman–Crippen MR) is 367 cm³/mol. The third-order valence-corrected chi connectivity index (χ3v) is 21.2. The largest absolute Gasteiger partial charge is 0.497 e. The van der Waals surface area contributed by atoms with Gasteiger partial charge in [-0.15, -0.1) is 11.8 Å². The van der Waals surface area contributed by atoms with E-state index in [2.05, 4.69) is 62.0 Å². The normalized spacial score (nSPS) is 15.5. The summed E-state index contributed by atoms with van der Waals surface area (Å²) in [5, 5.41) is 15.5. The van der Waals surface area contributed by atoms with Gasteiger partial charge in [-0.1, -0.05) is 133 Å². The molecule has 0 radical (unpaired) electrons. The summed E-state index contributed by atoms with van der Waals surface area (Å²) >= 11 is 3.37. The Labute approximate surface area is 552 Å². The number of fused-ring (bicyclic) bond motifs is 3. The van der Waals surface area contributed by atoms with Gasteiger partial charge in [0.1, 0.15) is 52.7 Å². The molecule has 10 aromatic rings. The van der Waals surface area contributed by atoms with Crippen molar-refractivity contribution in [3.63, 3.8) is 0 Å². The Bertz CT molecular complexity index is 4170. The Kier molecular flexibility index (Phi) is 21.8. The molecule has 4 atom stereocenters. The van der Waals surface area contributed by atoms with Crippen LogP contribution in [0.2, 0.25) is 0 Å². The fourth-order valence-corrected chi connectivity index (χ4v) is 16.2. The summed E-state index contributed by atoms with van der Waals surface area (Å²) in [5.74, 6) is 3.13. The molecule has 93 heavy (non-hydrogen) atoms. The third kappa shape index (κ3) is 14.6. The van der Waals surface area contributed by atoms with Crippen molar-refractivity contribution in [2.45, 2.75) is 133 Å². The van der Waals surface area contributed by atoms with Crippen LogP contribution in [-0.4, -0.2) is 93.3 Å². The molecule has 2 unspecified atom stereocenters. The van der Waals surface area contributed by atoms with Gasteiger partial charge in [0.2, 0.25) is 5.91 Å². The first-order valence-electron chi connectivity index (χ1n) is 31.5. The zero-order valence-electron chi connectivity index (χ0n) is 53.9. The minimum absolute atomic E-state index is 0.0190. The molecule has 5 heterocycles. The maximum atomic E-state index is 14.9. The van der Waals surface area contributed by atoms with Crippen LogP contribution in [0.5, 0.6) is 11.5 Å². The fraction of sp³-hybridized carbons (Fsp3) is 0.342. The van der Waals surface area contributed by atoms with Gasteiger partial charge in [-0.3, -0.25) is 9.36 Å². The molecule has 17 nitrogen and oxygen atoms in total. The number of ether oxygens (including phenoxy) is 4. The quantitative estimate of drug-likeness (QED) is 0.0152. The number of unbranched alkanes of at least 4 members (excludes halogenated alkanes) is 2. The SMILES string of the molecule is COc1ccc(C(OC[C@H]2OC(n3c(SCCCCCSc4c(C)oc5c(C)c6oc(=O)cc(C)c6cc45)nc4c(NC(=O)C(c5ccccc5)c5ccccc5)ncnc43)C[C@@H]2OP(OCCC#N)N(C(C)C)C(C)C)(c2ccccc2)c2ccc(OC)cc2)cc1. The lowest BCUT2D eigenvalue weighted by molar-refractivity contribution is -0.116. The van der Waals surface area contributed by atoms with Gasteiger partial charge in [-0.25, -0.2) is 24.4 Å². The van der Waals surface area contributed by atoms with Crippen molar-refractivity contribution in [3.05, 3.63) is 213 Å². The molecule has 1 N–H and O–H groups in total. The van der Waals surface area contributed by atoms with Crippen LogP contribution >= 0.6 is 32.0 Å². The lowest BCUT2D eigenvalue weighted by Gasteiger charge is -2.39. The number of amides is 1. The molecule has 0 spiro atoms. The Morgan fingerprint density at radius 2 is 1.35 bits per heavy atom. The number of imidazole rings is 1. The van der Waals surface area contributed by atoms with Gasteiger partial charge in [0.25, 0.3) is 8.53 Å². The smallest absolute Gasteiger partial charge is 0.336 e. The first-order valence-corrected chi connectivity index (χ1v) is 34.6. The number of thioether (sulfide) groups is 2. The zero-order valence-corrected chi connectivity index (χ0v) is 56.4. The molecule has 0 bridgehead atoms. The van der Waals surface area contributed by atoms with E-state index in [4.69, 9.17) is 51.8 Å². The molecule has 1 aliphatic heterocycles. The molecule has 0 saturated carbocycles. The maximum Gasteiger partial charge on any atom is 0.336 e. The molecule has 4 aromatic heterocycles. The molecule has 11 rings (SSSR count). The van der Waals surface area contributed by atoms with Crippen LogP contribution in [0.15, 0.2) is 182 Å². The van der Waals surface area contributed by atoms with Crippen molar-refractivity contribution in [1.82, 2.24) is 24.2 Å². The van der Waals surface area contributed by atoms with Crippen molar-refractivity contribution < 1.29 is 41.6 Å². The Balaban J connectivity index is 0.947. The summed E-state index contributed by atoms with van der Waals surface area (Å²) < 4.78 is 56.6. The average molecular weight is 1310 g/mol. The number of benzene rings is 6. The number of furan rings is 1. The molecule has 0 aliphatic carbocycles. The third-order valence-electron chi connectivity index (χ3n) is 16.7. The van der Waals surface area contributed by atoms with Gasteiger partial charge in [-0.05, 0) is 131 Å². The second kappa shape index (κ2) is 30.5. The highest BCUT2D eigenvalue weighted by Gasteiger charge is 2.46. The van der Waals surface area contributed by atoms with Crippen LogP contribution in [0.1, 0.15) is 117 Å². The van der Waals surface area contributed by atoms with Gasteiger partial charge < -0.3 is 42.1 Å². The lowest BCUT2D eigenvalue weighted by Crippen LogP contribution is -2.39. The molecule has 1 fully saturated rings. The van der Waals surface area contributed by atoms with Crippen LogP contribution in [0.4, 0.5) is 5.82 Å². The second-order valence-electron chi connectivity index (χ2n) is 23.5. The number of nitrogens with zero attached hydrogens (tertiary/aromatic N) is 6. The molecular weight excluding hydrogens is 1230 g/mol. The first-order chi connectivity index (χ1) is 45.2. The van der Waals surface area contributed by atoms with Gasteiger partial charge in [0.05, 0.1) is 56.8 Å². The highest BCUT2D eigenvalue weighted by molar-refractivity contribution is 7.99. The van der Waals surface area contributed by atoms with Gasteiger partial charge >= 0.3 is 5.63 Å². The summed E-state index contributed by atoms with van der Waals surface area (Å²) in [6, 6.07) is 51.3. The summed E-state index contributed by atoms with van der Waals surface area (Å²) in [6.07, 6.45) is 2.60. The maximum absolute atomic E-state index is 14.9. The Hall–Kier alpha value is -7.89. The number of aryl methyl sites for hydroxylation is 3. The fourth-order valence-electron chi connectivity index (χ4n) is 12.3. The zero-order chi connectivity index (χ0) is 65.2. The number of hydrogen-bond donors (Lipinski definition) is 1. The number of carbonyl (C=O) groups is 1. The molecular formula is C73H78N7O10PS2. The Morgan fingerprint density at radius 1 is 0.763 bits per heavy atom. The van der Waals surface area contributed by atoms with Crippen molar-refractivity contribution in [2.75, 3.05) is 44.3 Å². The topological polar surface area (TPSA) is 198 Å². The minimum atomic E-state index is -1.77. The van der Waals surface area contributed by atoms with Crippen LogP contribution < -0.4 is 20.4 Å². The molecule has 1 amide bonds. The summed E-state index contributed by atoms with van der Waals surface area (Å²) in [7, 11) is 1.53. The first kappa shape index (κ1) is 66.6. The van der Waals surface area contributed by atoms with E-state index in [1.54, 1.807) is 37.7 Å². The van der Waals surface area contributed by atoms with E-state index >= 15 is 0 Å². The van der Waals surface area contributed by atoms with Crippen LogP contribution in [0, 0.1) is 32.1 Å². The van der Waals surface area contributed by atoms with E-state index < -0.39 is 38.5 Å². The van der Waals surface area contributed by atoms with Gasteiger partial charge in [0, 0.05) is 46.7 Å². The number of carbonyl (C=O) groups excluding carboxylic acids is 1.